The van der Waals surface area contributed by atoms with Crippen LogP contribution in [-0.2, 0) is 42.7 Å². The van der Waals surface area contributed by atoms with Crippen LogP contribution in [0, 0.1) is 0 Å². The minimum Gasteiger partial charge on any atom is -0.382 e. The second kappa shape index (κ2) is 40.4. The molecule has 2 unspecified atom stereocenters. The van der Waals surface area contributed by atoms with Gasteiger partial charge in [0.25, 0.3) is 23.6 Å². The van der Waals surface area contributed by atoms with E-state index in [1.54, 1.807) is 107 Å². The molecule has 8 N–H and O–H groups in total. The number of amides is 6. The number of hydrogen-bond donors (Lipinski definition) is 8. The molecule has 8 fully saturated rings. The minimum atomic E-state index is -0.222. The smallest absolute Gasteiger partial charge is 0.257 e. The average Bonchev–Trinajstić information content (AvgIpc) is 1.61. The maximum absolute atomic E-state index is 13.2. The quantitative estimate of drug-likeness (QED) is 0.0250. The fourth-order valence-electron chi connectivity index (χ4n) is 20.9. The Balaban J connectivity index is 0.000000113. The number of hydrogen-bond acceptors (Lipinski definition) is 29. The van der Waals surface area contributed by atoms with Crippen LogP contribution in [0.15, 0.2) is 147 Å². The van der Waals surface area contributed by atoms with Crippen molar-refractivity contribution in [1.29, 1.82) is 0 Å². The molecule has 0 spiro atoms. The standard InChI is InChI=1S/C26H31N7O4.2C25H28N8O3.C25H29N7O3/c1-27-23-10-21(30-25-18(11-29-33(23)25)26(34)31-20-6-7-22(20)36-3)19-12-32(24-17(19)5-4-8-28-24)15-9-16(14-35-2)37-13-15;2*1-26-21-10-19(29-24-16(11-28-33(21)24)25(35)30-18-6-7-20(18)36-3)17-13-32(14-9-22(34)31(2)12-14)23-15(17)5-4-8-27-23;1-26-22-12-20(17-13-27-23-16(17)4-3-9-31(23)15-7-10-35-11-8-15)29-24-18(14-28-32(22)24)25(33)30-19-5-6-21(19)34-2/h4-5,8,10-12,15-16,20,22,27H,6-7,9,13-14H2,1-3H3,(H,31,34);2*4-5,8,10-11,13-14,18,20,26H,6-7,9,12H2,1-3H3,(H,30,35);3-4,9,12-15,19,21,26H,5-8,10-11H2,1-2H3,(H,30,33)/t15-,16-,20+,22+;14-,18?,20+;14-,18?,20-;19-,21-/m1101/s1. The monoisotopic (exact) mass is 1960 g/mol. The third kappa shape index (κ3) is 17.7. The maximum Gasteiger partial charge on any atom is 0.257 e. The summed E-state index contributed by atoms with van der Waals surface area (Å²) in [5.41, 5.74) is 13.5. The number of likely N-dealkylation sites (tertiary alicyclic amines) is 2. The van der Waals surface area contributed by atoms with E-state index in [2.05, 4.69) is 121 Å². The number of rotatable bonds is 26. The van der Waals surface area contributed by atoms with E-state index in [0.29, 0.717) is 113 Å². The second-order valence-electron chi connectivity index (χ2n) is 37.7. The number of pyridine rings is 4. The molecule has 20 heterocycles. The topological polar surface area (TPSA) is 462 Å². The highest BCUT2D eigenvalue weighted by Crippen LogP contribution is 2.43. The van der Waals surface area contributed by atoms with E-state index < -0.39 is 0 Å². The third-order valence-electron chi connectivity index (χ3n) is 29.5. The van der Waals surface area contributed by atoms with E-state index in [-0.39, 0.29) is 108 Å². The molecule has 748 valence electrons. The molecule has 10 aliphatic rings. The van der Waals surface area contributed by atoms with Crippen LogP contribution in [0.2, 0.25) is 0 Å². The predicted molar refractivity (Wildman–Crippen MR) is 536 cm³/mol. The molecule has 4 saturated carbocycles. The molecule has 24 rings (SSSR count). The normalized spacial score (nSPS) is 22.0. The highest BCUT2D eigenvalue weighted by Gasteiger charge is 2.41. The molecule has 0 bridgehead atoms. The van der Waals surface area contributed by atoms with E-state index >= 15 is 0 Å². The van der Waals surface area contributed by atoms with Crippen molar-refractivity contribution in [2.24, 2.45) is 0 Å². The van der Waals surface area contributed by atoms with Crippen molar-refractivity contribution in [2.45, 2.75) is 162 Å². The van der Waals surface area contributed by atoms with Gasteiger partial charge < -0.3 is 104 Å². The first-order valence-corrected chi connectivity index (χ1v) is 48.9. The number of nitrogens with one attached hydrogen (secondary N) is 8. The molecule has 12 atom stereocenters. The third-order valence-corrected chi connectivity index (χ3v) is 29.5. The van der Waals surface area contributed by atoms with Crippen LogP contribution in [0.4, 0.5) is 23.3 Å². The van der Waals surface area contributed by atoms with E-state index in [1.165, 1.54) is 0 Å². The Morgan fingerprint density at radius 2 is 0.750 bits per heavy atom. The lowest BCUT2D eigenvalue weighted by Gasteiger charge is -2.35. The van der Waals surface area contributed by atoms with Crippen molar-refractivity contribution in [2.75, 3.05) is 139 Å². The van der Waals surface area contributed by atoms with E-state index in [0.717, 1.165) is 174 Å². The Hall–Kier alpha value is -15.0. The summed E-state index contributed by atoms with van der Waals surface area (Å²) in [6.07, 6.45) is 32.8. The number of carbonyl (C=O) groups is 6. The van der Waals surface area contributed by atoms with Gasteiger partial charge in [-0.1, -0.05) is 0 Å². The van der Waals surface area contributed by atoms with Crippen molar-refractivity contribution in [3.8, 4) is 56.4 Å². The number of methoxy groups -OCH3 is 5. The Morgan fingerprint density at radius 1 is 0.396 bits per heavy atom. The zero-order valence-corrected chi connectivity index (χ0v) is 81.9. The summed E-state index contributed by atoms with van der Waals surface area (Å²) in [4.78, 5) is 119. The number of carbonyl (C=O) groups excluding carboxylic acids is 6. The summed E-state index contributed by atoms with van der Waals surface area (Å²) in [5, 5.41) is 45.6. The van der Waals surface area contributed by atoms with Gasteiger partial charge in [0, 0.05) is 241 Å². The maximum atomic E-state index is 13.2. The first-order chi connectivity index (χ1) is 70.2. The van der Waals surface area contributed by atoms with Gasteiger partial charge >= 0.3 is 0 Å². The Bertz CT molecular complexity index is 7280. The summed E-state index contributed by atoms with van der Waals surface area (Å²) in [7, 11) is 19.3. The van der Waals surface area contributed by atoms with Crippen molar-refractivity contribution in [1.82, 2.24) is 128 Å². The van der Waals surface area contributed by atoms with Gasteiger partial charge in [-0.05, 0) is 119 Å². The van der Waals surface area contributed by atoms with Crippen LogP contribution in [-0.4, -0.2) is 314 Å². The molecule has 43 heteroatoms. The van der Waals surface area contributed by atoms with Gasteiger partial charge in [0.2, 0.25) is 11.8 Å². The fourth-order valence-corrected chi connectivity index (χ4v) is 20.9. The molecule has 4 saturated heterocycles. The minimum absolute atomic E-state index is 0.000909. The van der Waals surface area contributed by atoms with Crippen molar-refractivity contribution < 1.29 is 61.9 Å². The molecule has 6 aliphatic heterocycles. The number of likely N-dealkylation sites (N-methyl/N-ethyl adjacent to an activating group) is 2. The molecule has 6 amide bonds. The van der Waals surface area contributed by atoms with Crippen molar-refractivity contribution in [3.63, 3.8) is 0 Å². The lowest BCUT2D eigenvalue weighted by Crippen LogP contribution is -2.51. The molecular weight excluding hydrogens is 1840 g/mol. The van der Waals surface area contributed by atoms with Crippen molar-refractivity contribution >= 4 is 114 Å². The number of nitrogens with zero attached hydrogens (tertiary/aromatic N) is 22. The van der Waals surface area contributed by atoms with Gasteiger partial charge in [-0.25, -0.2) is 39.9 Å². The summed E-state index contributed by atoms with van der Waals surface area (Å²) in [6, 6.07) is 24.1. The molecule has 144 heavy (non-hydrogen) atoms. The Labute approximate surface area is 826 Å². The van der Waals surface area contributed by atoms with Gasteiger partial charge in [0.1, 0.15) is 68.3 Å². The molecule has 0 radical (unpaired) electrons. The average molecular weight is 1960 g/mol. The first-order valence-electron chi connectivity index (χ1n) is 48.9. The fraction of sp³-hybridized carbons (Fsp3) is 0.426. The summed E-state index contributed by atoms with van der Waals surface area (Å²) in [6.45, 7) is 3.95. The zero-order chi connectivity index (χ0) is 99.4. The van der Waals surface area contributed by atoms with Crippen LogP contribution in [0.1, 0.15) is 149 Å². The van der Waals surface area contributed by atoms with E-state index in [4.69, 9.17) is 58.1 Å². The van der Waals surface area contributed by atoms with Gasteiger partial charge in [0.15, 0.2) is 22.6 Å². The van der Waals surface area contributed by atoms with Crippen LogP contribution in [0.25, 0.3) is 112 Å². The van der Waals surface area contributed by atoms with Crippen LogP contribution < -0.4 is 42.5 Å². The largest absolute Gasteiger partial charge is 0.382 e. The number of ether oxygens (including phenoxy) is 7. The van der Waals surface area contributed by atoms with Gasteiger partial charge in [-0.3, -0.25) is 28.8 Å². The van der Waals surface area contributed by atoms with Crippen molar-refractivity contribution in [3.05, 3.63) is 169 Å². The molecule has 43 nitrogen and oxygen atoms in total. The molecule has 14 aromatic rings. The molecular formula is C101H116N30O13. The number of anilines is 4. The highest BCUT2D eigenvalue weighted by atomic mass is 16.5. The van der Waals surface area contributed by atoms with Gasteiger partial charge in [-0.15, -0.1) is 0 Å². The Morgan fingerprint density at radius 3 is 1.07 bits per heavy atom. The number of aromatic nitrogens is 20. The second-order valence-corrected chi connectivity index (χ2v) is 37.7. The SMILES string of the molecule is CNc1cc(-c2cn([C@@H]3CC(=O)N(C)C3)c3ncccc23)nc2c(C(=O)NC3CC[C@@H]3OC)cnn12.CNc1cc(-c2cn([C@H]3CC(=O)N(C)C3)c3ncccc23)nc2c(C(=O)NC3CC[C@@H]3OC)cnn12.CNc1cc(-c2cn([C@H]3CO[C@@H](COC)C3)c3ncccc23)nc2c(C(=O)N[C@H]3CC[C@@H]3OC)cnn12.CNc1cc(-c2cnc3n(C4CCOCC4)cccc2-3)nc2c(C(=O)N[C@@H]3CC[C@H]3OC)cnn12. The molecule has 4 aliphatic carbocycles. The lowest BCUT2D eigenvalue weighted by atomic mass is 9.89. The van der Waals surface area contributed by atoms with E-state index in [1.807, 2.05) is 122 Å². The van der Waals surface area contributed by atoms with Gasteiger partial charge in [-0.2, -0.15) is 38.5 Å². The Kier molecular flexibility index (Phi) is 26.7. The highest BCUT2D eigenvalue weighted by molar-refractivity contribution is 6.05. The number of fused-ring (bicyclic) bond motifs is 8. The first kappa shape index (κ1) is 95.2. The summed E-state index contributed by atoms with van der Waals surface area (Å²) < 4.78 is 53.7. The summed E-state index contributed by atoms with van der Waals surface area (Å²) >= 11 is 0. The van der Waals surface area contributed by atoms with Crippen LogP contribution in [0.5, 0.6) is 0 Å². The summed E-state index contributed by atoms with van der Waals surface area (Å²) in [5.74, 6) is 3.20. The van der Waals surface area contributed by atoms with Crippen LogP contribution >= 0.6 is 0 Å². The lowest BCUT2D eigenvalue weighted by molar-refractivity contribution is -0.127. The molecule has 0 aromatic carbocycles. The van der Waals surface area contributed by atoms with E-state index in [9.17, 15) is 28.8 Å². The van der Waals surface area contributed by atoms with Gasteiger partial charge in [0.05, 0.1) is 134 Å². The zero-order valence-electron chi connectivity index (χ0n) is 81.9. The van der Waals surface area contributed by atoms with Crippen LogP contribution in [0.3, 0.4) is 0 Å². The predicted octanol–water partition coefficient (Wildman–Crippen LogP) is 9.87. The molecule has 14 aromatic heterocycles.